The predicted octanol–water partition coefficient (Wildman–Crippen LogP) is 5.09. The van der Waals surface area contributed by atoms with Crippen molar-refractivity contribution in [2.75, 3.05) is 19.8 Å². The van der Waals surface area contributed by atoms with Crippen LogP contribution in [-0.2, 0) is 22.5 Å². The molecule has 2 atom stereocenters. The molecule has 0 fully saturated rings. The van der Waals surface area contributed by atoms with E-state index in [1.165, 1.54) is 12.1 Å². The van der Waals surface area contributed by atoms with Crippen LogP contribution in [0.4, 0.5) is 4.39 Å². The molecule has 0 aliphatic carbocycles. The lowest BCUT2D eigenvalue weighted by Crippen LogP contribution is -2.53. The van der Waals surface area contributed by atoms with Crippen LogP contribution in [0.5, 0.6) is 5.75 Å². The minimum absolute atomic E-state index is 0.0415. The summed E-state index contributed by atoms with van der Waals surface area (Å²) in [6.07, 6.45) is 2.01. The molecule has 3 aromatic carbocycles. The topological polar surface area (TPSA) is 141 Å². The Bertz CT molecular complexity index is 1440. The molecule has 1 aliphatic rings. The third kappa shape index (κ3) is 7.32. The van der Waals surface area contributed by atoms with Gasteiger partial charge in [-0.2, -0.15) is 0 Å². The predicted molar refractivity (Wildman–Crippen MR) is 157 cm³/mol. The summed E-state index contributed by atoms with van der Waals surface area (Å²) in [4.78, 5) is 21.7. The normalized spacial score (nSPS) is 17.5. The molecule has 0 spiro atoms. The van der Waals surface area contributed by atoms with Crippen LogP contribution in [-0.4, -0.2) is 42.2 Å². The van der Waals surface area contributed by atoms with Gasteiger partial charge in [0.2, 0.25) is 5.90 Å². The van der Waals surface area contributed by atoms with Gasteiger partial charge in [0.1, 0.15) is 11.6 Å². The summed E-state index contributed by atoms with van der Waals surface area (Å²) in [7, 11) is 0. The van der Waals surface area contributed by atoms with Crippen molar-refractivity contribution in [1.82, 2.24) is 10.9 Å². The summed E-state index contributed by atoms with van der Waals surface area (Å²) in [5.74, 6) is 0.160. The highest BCUT2D eigenvalue weighted by Crippen LogP contribution is 2.44. The van der Waals surface area contributed by atoms with Crippen LogP contribution in [0, 0.1) is 5.82 Å². The van der Waals surface area contributed by atoms with Gasteiger partial charge >= 0.3 is 0 Å². The number of aliphatic hydroxyl groups is 1. The smallest absolute Gasteiger partial charge is 0.266 e. The Morgan fingerprint density at radius 3 is 2.67 bits per heavy atom. The summed E-state index contributed by atoms with van der Waals surface area (Å²) >= 11 is 0. The quantitative estimate of drug-likeness (QED) is 0.0581. The molecule has 0 aromatic heterocycles. The van der Waals surface area contributed by atoms with Gasteiger partial charge in [-0.15, -0.1) is 6.58 Å². The third-order valence-corrected chi connectivity index (χ3v) is 6.78. The number of nitrogens with zero attached hydrogens (tertiary/aromatic N) is 4. The first-order valence-corrected chi connectivity index (χ1v) is 13.6. The maximum Gasteiger partial charge on any atom is 0.266 e. The van der Waals surface area contributed by atoms with E-state index in [0.717, 1.165) is 5.56 Å². The van der Waals surface area contributed by atoms with Crippen molar-refractivity contribution in [3.8, 4) is 5.75 Å². The van der Waals surface area contributed by atoms with E-state index in [1.54, 1.807) is 42.5 Å². The van der Waals surface area contributed by atoms with Crippen LogP contribution in [0.2, 0.25) is 0 Å². The Morgan fingerprint density at radius 1 is 1.19 bits per heavy atom. The molecule has 4 rings (SSSR count). The molecule has 3 aromatic rings. The van der Waals surface area contributed by atoms with Crippen molar-refractivity contribution in [1.29, 1.82) is 0 Å². The molecule has 1 heterocycles. The van der Waals surface area contributed by atoms with E-state index >= 15 is 0 Å². The molecular weight excluding hydrogens is 539 g/mol. The van der Waals surface area contributed by atoms with Gasteiger partial charge in [0, 0.05) is 36.5 Å². The number of halogens is 1. The Morgan fingerprint density at radius 2 is 1.95 bits per heavy atom. The highest BCUT2D eigenvalue weighted by Gasteiger charge is 2.53. The molecule has 1 aliphatic heterocycles. The second kappa shape index (κ2) is 14.8. The maximum atomic E-state index is 13.9. The fourth-order valence-electron chi connectivity index (χ4n) is 4.66. The van der Waals surface area contributed by atoms with Crippen LogP contribution in [0.3, 0.4) is 0 Å². The van der Waals surface area contributed by atoms with Gasteiger partial charge in [0.25, 0.3) is 5.91 Å². The highest BCUT2D eigenvalue weighted by molar-refractivity contribution is 6.01. The van der Waals surface area contributed by atoms with E-state index < -0.39 is 17.6 Å². The molecular formula is C31H33FN6O4. The van der Waals surface area contributed by atoms with E-state index in [2.05, 4.69) is 27.5 Å². The van der Waals surface area contributed by atoms with E-state index in [-0.39, 0.29) is 31.3 Å². The van der Waals surface area contributed by atoms with Gasteiger partial charge in [-0.25, -0.2) is 14.8 Å². The minimum atomic E-state index is -1.43. The summed E-state index contributed by atoms with van der Waals surface area (Å²) in [5.41, 5.74) is 16.2. The first-order chi connectivity index (χ1) is 20.5. The standard InChI is InChI=1S/C31H33FN6O4/c1-2-17-31(30(40)37-34-18-16-22-8-12-25(32)13-9-22)28(27-7-4-3-6-24(27)21-35-38-33)42-29(36-31)23-10-14-26(15-11-23)41-20-5-19-39/h2-4,6-15,28,34,39H,1,5,16-21H2,(H,37,40)/t28-,31-/m0/s1. The molecule has 218 valence electrons. The highest BCUT2D eigenvalue weighted by atomic mass is 19.1. The zero-order chi connectivity index (χ0) is 29.8. The van der Waals surface area contributed by atoms with Crippen LogP contribution in [0.25, 0.3) is 10.4 Å². The van der Waals surface area contributed by atoms with Crippen LogP contribution >= 0.6 is 0 Å². The van der Waals surface area contributed by atoms with Gasteiger partial charge in [-0.1, -0.05) is 47.6 Å². The lowest BCUT2D eigenvalue weighted by Gasteiger charge is -2.30. The fourth-order valence-corrected chi connectivity index (χ4v) is 4.66. The maximum absolute atomic E-state index is 13.9. The molecule has 1 amide bonds. The van der Waals surface area contributed by atoms with E-state index in [4.69, 9.17) is 25.1 Å². The number of hydrogen-bond acceptors (Lipinski definition) is 7. The van der Waals surface area contributed by atoms with Gasteiger partial charge in [-0.3, -0.25) is 10.2 Å². The number of aliphatic hydroxyl groups excluding tert-OH is 1. The minimum Gasteiger partial charge on any atom is -0.494 e. The Labute approximate surface area is 243 Å². The van der Waals surface area contributed by atoms with Crippen molar-refractivity contribution in [2.45, 2.75) is 37.5 Å². The first-order valence-electron chi connectivity index (χ1n) is 13.6. The SMILES string of the molecule is C=CC[C@]1(C(=O)NNCCc2ccc(F)cc2)N=C(c2ccc(OCCCO)cc2)O[C@H]1c1ccccc1CN=[N+]=[N-]. The molecule has 0 unspecified atom stereocenters. The monoisotopic (exact) mass is 572 g/mol. The van der Waals surface area contributed by atoms with Gasteiger partial charge in [0.05, 0.1) is 13.2 Å². The lowest BCUT2D eigenvalue weighted by molar-refractivity contribution is -0.129. The van der Waals surface area contributed by atoms with Crippen LogP contribution in [0.1, 0.15) is 41.2 Å². The van der Waals surface area contributed by atoms with Crippen molar-refractivity contribution in [3.05, 3.63) is 124 Å². The van der Waals surface area contributed by atoms with Crippen molar-refractivity contribution in [2.24, 2.45) is 10.1 Å². The molecule has 11 heteroatoms. The summed E-state index contributed by atoms with van der Waals surface area (Å²) in [6, 6.07) is 20.6. The second-order valence-electron chi connectivity index (χ2n) is 9.63. The number of amides is 1. The van der Waals surface area contributed by atoms with E-state index in [1.807, 2.05) is 24.3 Å². The van der Waals surface area contributed by atoms with E-state index in [0.29, 0.717) is 48.4 Å². The second-order valence-corrected chi connectivity index (χ2v) is 9.63. The number of carbonyl (C=O) groups excluding carboxylic acids is 1. The zero-order valence-electron chi connectivity index (χ0n) is 23.1. The molecule has 3 N–H and O–H groups in total. The average Bonchev–Trinajstić information content (AvgIpc) is 3.40. The third-order valence-electron chi connectivity index (χ3n) is 6.78. The number of carbonyl (C=O) groups is 1. The molecule has 0 saturated heterocycles. The number of hydrogen-bond donors (Lipinski definition) is 3. The number of ether oxygens (including phenoxy) is 2. The van der Waals surface area contributed by atoms with Gasteiger partial charge < -0.3 is 14.6 Å². The van der Waals surface area contributed by atoms with Gasteiger partial charge in [-0.05, 0) is 65.0 Å². The first kappa shape index (κ1) is 30.3. The van der Waals surface area contributed by atoms with Crippen molar-refractivity contribution in [3.63, 3.8) is 0 Å². The molecule has 10 nitrogen and oxygen atoms in total. The molecule has 0 radical (unpaired) electrons. The van der Waals surface area contributed by atoms with E-state index in [9.17, 15) is 9.18 Å². The number of hydrazine groups is 1. The molecule has 0 bridgehead atoms. The van der Waals surface area contributed by atoms with Gasteiger partial charge in [0.15, 0.2) is 11.6 Å². The lowest BCUT2D eigenvalue weighted by atomic mass is 9.83. The average molecular weight is 573 g/mol. The number of azide groups is 1. The number of benzene rings is 3. The summed E-state index contributed by atoms with van der Waals surface area (Å²) in [5, 5.41) is 12.7. The zero-order valence-corrected chi connectivity index (χ0v) is 23.1. The van der Waals surface area contributed by atoms with Crippen LogP contribution < -0.4 is 15.6 Å². The Hall–Kier alpha value is -4.70. The van der Waals surface area contributed by atoms with Crippen LogP contribution in [0.15, 0.2) is 95.6 Å². The Balaban J connectivity index is 1.62. The summed E-state index contributed by atoms with van der Waals surface area (Å²) < 4.78 is 25.3. The largest absolute Gasteiger partial charge is 0.494 e. The van der Waals surface area contributed by atoms with Crippen molar-refractivity contribution >= 4 is 11.8 Å². The Kier molecular flexibility index (Phi) is 10.7. The fraction of sp³-hybridized carbons (Fsp3) is 0.290. The molecule has 0 saturated carbocycles. The number of nitrogens with one attached hydrogen (secondary N) is 2. The number of aliphatic imine (C=N–C) groups is 1. The van der Waals surface area contributed by atoms with Crippen molar-refractivity contribution < 1.29 is 23.8 Å². The number of rotatable bonds is 15. The summed E-state index contributed by atoms with van der Waals surface area (Å²) in [6.45, 7) is 4.78. The molecule has 42 heavy (non-hydrogen) atoms.